The van der Waals surface area contributed by atoms with Gasteiger partial charge in [0.1, 0.15) is 6.04 Å². The second kappa shape index (κ2) is 7.47. The largest absolute Gasteiger partial charge is 0.384 e. The van der Waals surface area contributed by atoms with Crippen molar-refractivity contribution < 1.29 is 14.3 Å². The molecular formula is C15H20N2O3S. The summed E-state index contributed by atoms with van der Waals surface area (Å²) in [5.41, 5.74) is 1.75. The summed E-state index contributed by atoms with van der Waals surface area (Å²) in [7, 11) is 1.64. The monoisotopic (exact) mass is 308 g/mol. The molecule has 1 heterocycles. The number of methoxy groups -OCH3 is 1. The third-order valence-electron chi connectivity index (χ3n) is 3.44. The van der Waals surface area contributed by atoms with Crippen LogP contribution in [0.1, 0.15) is 12.5 Å². The Morgan fingerprint density at radius 1 is 1.48 bits per heavy atom. The first-order valence-electron chi connectivity index (χ1n) is 6.88. The van der Waals surface area contributed by atoms with Gasteiger partial charge >= 0.3 is 0 Å². The fraction of sp³-hybridized carbons (Fsp3) is 0.467. The molecule has 1 aliphatic heterocycles. The summed E-state index contributed by atoms with van der Waals surface area (Å²) >= 11 is 1.52. The molecule has 114 valence electrons. The molecule has 21 heavy (non-hydrogen) atoms. The summed E-state index contributed by atoms with van der Waals surface area (Å²) in [5, 5.41) is 2.87. The summed E-state index contributed by atoms with van der Waals surface area (Å²) in [4.78, 5) is 26.1. The van der Waals surface area contributed by atoms with E-state index in [1.807, 2.05) is 24.3 Å². The van der Waals surface area contributed by atoms with Crippen LogP contribution in [0.25, 0.3) is 0 Å². The third kappa shape index (κ3) is 3.98. The first-order chi connectivity index (χ1) is 10.1. The maximum Gasteiger partial charge on any atom is 0.246 e. The number of hydrogen-bond donors (Lipinski definition) is 1. The van der Waals surface area contributed by atoms with E-state index < -0.39 is 6.04 Å². The van der Waals surface area contributed by atoms with Crippen molar-refractivity contribution in [1.29, 1.82) is 0 Å². The molecule has 0 fully saturated rings. The predicted octanol–water partition coefficient (Wildman–Crippen LogP) is 1.74. The molecule has 1 unspecified atom stereocenters. The third-order valence-corrected chi connectivity index (χ3v) is 4.35. The van der Waals surface area contributed by atoms with Gasteiger partial charge in [0.25, 0.3) is 0 Å². The molecule has 0 radical (unpaired) electrons. The number of hydrogen-bond acceptors (Lipinski definition) is 4. The van der Waals surface area contributed by atoms with Crippen molar-refractivity contribution in [1.82, 2.24) is 4.90 Å². The molecule has 6 heteroatoms. The Balaban J connectivity index is 2.07. The average molecular weight is 308 g/mol. The van der Waals surface area contributed by atoms with E-state index in [1.54, 1.807) is 18.9 Å². The SMILES string of the molecule is COCCSCC(=O)N1Cc2ccccc2NC(=O)C1C. The Morgan fingerprint density at radius 2 is 2.24 bits per heavy atom. The molecule has 1 atom stereocenters. The Labute approximate surface area is 129 Å². The number of fused-ring (bicyclic) bond motifs is 1. The van der Waals surface area contributed by atoms with Crippen LogP contribution in [-0.2, 0) is 20.9 Å². The van der Waals surface area contributed by atoms with Gasteiger partial charge in [-0.15, -0.1) is 11.8 Å². The summed E-state index contributed by atoms with van der Waals surface area (Å²) < 4.78 is 4.96. The van der Waals surface area contributed by atoms with Crippen LogP contribution in [0.3, 0.4) is 0 Å². The number of amides is 2. The topological polar surface area (TPSA) is 58.6 Å². The van der Waals surface area contributed by atoms with Crippen LogP contribution < -0.4 is 5.32 Å². The van der Waals surface area contributed by atoms with Gasteiger partial charge < -0.3 is 15.0 Å². The highest BCUT2D eigenvalue weighted by Gasteiger charge is 2.29. The highest BCUT2D eigenvalue weighted by molar-refractivity contribution is 7.99. The molecule has 0 aromatic heterocycles. The molecule has 1 N–H and O–H groups in total. The Bertz CT molecular complexity index is 521. The molecule has 5 nitrogen and oxygen atoms in total. The number of nitrogens with zero attached hydrogens (tertiary/aromatic N) is 1. The van der Waals surface area contributed by atoms with E-state index in [-0.39, 0.29) is 11.8 Å². The van der Waals surface area contributed by atoms with Crippen molar-refractivity contribution in [3.05, 3.63) is 29.8 Å². The second-order valence-electron chi connectivity index (χ2n) is 4.89. The molecule has 1 aromatic carbocycles. The van der Waals surface area contributed by atoms with Crippen LogP contribution in [0.5, 0.6) is 0 Å². The van der Waals surface area contributed by atoms with Gasteiger partial charge in [-0.1, -0.05) is 18.2 Å². The standard InChI is InChI=1S/C15H20N2O3S/c1-11-15(19)16-13-6-4-3-5-12(13)9-17(11)14(18)10-21-8-7-20-2/h3-6,11H,7-10H2,1-2H3,(H,16,19). The number of rotatable bonds is 5. The Kier molecular flexibility index (Phi) is 5.64. The number of ether oxygens (including phenoxy) is 1. The van der Waals surface area contributed by atoms with Gasteiger partial charge in [0.05, 0.1) is 12.4 Å². The van der Waals surface area contributed by atoms with Crippen molar-refractivity contribution in [2.45, 2.75) is 19.5 Å². The van der Waals surface area contributed by atoms with Crippen LogP contribution >= 0.6 is 11.8 Å². The van der Waals surface area contributed by atoms with E-state index in [0.29, 0.717) is 18.9 Å². The normalized spacial score (nSPS) is 17.9. The highest BCUT2D eigenvalue weighted by atomic mass is 32.2. The van der Waals surface area contributed by atoms with Gasteiger partial charge in [0.15, 0.2) is 0 Å². The zero-order valence-electron chi connectivity index (χ0n) is 12.3. The van der Waals surface area contributed by atoms with E-state index in [9.17, 15) is 9.59 Å². The molecule has 0 aliphatic carbocycles. The van der Waals surface area contributed by atoms with Crippen molar-refractivity contribution >= 4 is 29.3 Å². The lowest BCUT2D eigenvalue weighted by molar-refractivity contribution is -0.136. The molecule has 1 aromatic rings. The average Bonchev–Trinajstić information content (AvgIpc) is 2.61. The van der Waals surface area contributed by atoms with E-state index in [1.165, 1.54) is 11.8 Å². The van der Waals surface area contributed by atoms with E-state index >= 15 is 0 Å². The van der Waals surface area contributed by atoms with Crippen molar-refractivity contribution in [3.63, 3.8) is 0 Å². The van der Waals surface area contributed by atoms with Crippen LogP contribution in [0, 0.1) is 0 Å². The van der Waals surface area contributed by atoms with E-state index in [0.717, 1.165) is 17.0 Å². The van der Waals surface area contributed by atoms with Crippen LogP contribution in [0.2, 0.25) is 0 Å². The highest BCUT2D eigenvalue weighted by Crippen LogP contribution is 2.23. The van der Waals surface area contributed by atoms with Crippen LogP contribution in [-0.4, -0.2) is 48.0 Å². The van der Waals surface area contributed by atoms with Gasteiger partial charge in [-0.3, -0.25) is 9.59 Å². The van der Waals surface area contributed by atoms with E-state index in [4.69, 9.17) is 4.74 Å². The summed E-state index contributed by atoms with van der Waals surface area (Å²) in [6.45, 7) is 2.84. The van der Waals surface area contributed by atoms with Crippen molar-refractivity contribution in [2.75, 3.05) is 30.5 Å². The molecule has 1 aliphatic rings. The minimum Gasteiger partial charge on any atom is -0.384 e. The number of carbonyl (C=O) groups excluding carboxylic acids is 2. The molecule has 2 amide bonds. The smallest absolute Gasteiger partial charge is 0.246 e. The van der Waals surface area contributed by atoms with Gasteiger partial charge in [0, 0.05) is 25.1 Å². The minimum absolute atomic E-state index is 0.0181. The quantitative estimate of drug-likeness (QED) is 0.842. The summed E-state index contributed by atoms with van der Waals surface area (Å²) in [5.74, 6) is 0.974. The number of benzene rings is 1. The van der Waals surface area contributed by atoms with Crippen LogP contribution in [0.4, 0.5) is 5.69 Å². The maximum atomic E-state index is 12.4. The van der Waals surface area contributed by atoms with Crippen molar-refractivity contribution in [3.8, 4) is 0 Å². The fourth-order valence-corrected chi connectivity index (χ4v) is 2.94. The zero-order valence-corrected chi connectivity index (χ0v) is 13.1. The van der Waals surface area contributed by atoms with Gasteiger partial charge in [0.2, 0.25) is 11.8 Å². The number of nitrogens with one attached hydrogen (secondary N) is 1. The lowest BCUT2D eigenvalue weighted by Gasteiger charge is -2.25. The Morgan fingerprint density at radius 3 is 3.00 bits per heavy atom. The predicted molar refractivity (Wildman–Crippen MR) is 84.3 cm³/mol. The molecule has 0 saturated heterocycles. The molecular weight excluding hydrogens is 288 g/mol. The van der Waals surface area contributed by atoms with Gasteiger partial charge in [-0.2, -0.15) is 0 Å². The number of para-hydroxylation sites is 1. The van der Waals surface area contributed by atoms with Gasteiger partial charge in [-0.05, 0) is 18.6 Å². The number of thioether (sulfide) groups is 1. The lowest BCUT2D eigenvalue weighted by atomic mass is 10.1. The fourth-order valence-electron chi connectivity index (χ4n) is 2.17. The molecule has 0 spiro atoms. The summed E-state index contributed by atoms with van der Waals surface area (Å²) in [6, 6.07) is 7.12. The number of anilines is 1. The minimum atomic E-state index is -0.465. The first-order valence-corrected chi connectivity index (χ1v) is 8.04. The molecule has 2 rings (SSSR count). The zero-order chi connectivity index (χ0) is 15.2. The molecule has 0 bridgehead atoms. The summed E-state index contributed by atoms with van der Waals surface area (Å²) in [6.07, 6.45) is 0. The first kappa shape index (κ1) is 15.9. The Hall–Kier alpha value is -1.53. The maximum absolute atomic E-state index is 12.4. The van der Waals surface area contributed by atoms with Crippen molar-refractivity contribution in [2.24, 2.45) is 0 Å². The number of carbonyl (C=O) groups is 2. The van der Waals surface area contributed by atoms with E-state index in [2.05, 4.69) is 5.32 Å². The van der Waals surface area contributed by atoms with Crippen LogP contribution in [0.15, 0.2) is 24.3 Å². The van der Waals surface area contributed by atoms with Gasteiger partial charge in [-0.25, -0.2) is 0 Å². The second-order valence-corrected chi connectivity index (χ2v) is 5.99. The lowest BCUT2D eigenvalue weighted by Crippen LogP contribution is -2.44. The molecule has 0 saturated carbocycles.